The van der Waals surface area contributed by atoms with Gasteiger partial charge in [-0.15, -0.1) is 0 Å². The van der Waals surface area contributed by atoms with Crippen LogP contribution in [0, 0.1) is 18.3 Å². The Morgan fingerprint density at radius 2 is 1.89 bits per heavy atom. The molecule has 0 unspecified atom stereocenters. The number of pyridine rings is 1. The summed E-state index contributed by atoms with van der Waals surface area (Å²) in [4.78, 5) is 18.1. The minimum atomic E-state index is -4.41. The van der Waals surface area contributed by atoms with Gasteiger partial charge in [-0.1, -0.05) is 0 Å². The summed E-state index contributed by atoms with van der Waals surface area (Å²) in [7, 11) is 0. The highest BCUT2D eigenvalue weighted by Gasteiger charge is 2.56. The lowest BCUT2D eigenvalue weighted by Gasteiger charge is -2.59. The molecule has 2 heterocycles. The molecule has 3 fully saturated rings. The zero-order valence-corrected chi connectivity index (χ0v) is 15.3. The predicted octanol–water partition coefficient (Wildman–Crippen LogP) is 2.94. The van der Waals surface area contributed by atoms with Crippen LogP contribution in [0.3, 0.4) is 0 Å². The summed E-state index contributed by atoms with van der Waals surface area (Å²) < 4.78 is 44.1. The van der Waals surface area contributed by atoms with E-state index in [1.54, 1.807) is 6.92 Å². The summed E-state index contributed by atoms with van der Waals surface area (Å²) in [5.74, 6) is 0.268. The van der Waals surface area contributed by atoms with Gasteiger partial charge in [0.2, 0.25) is 11.8 Å². The van der Waals surface area contributed by atoms with Gasteiger partial charge in [0.25, 0.3) is 0 Å². The van der Waals surface area contributed by atoms with Gasteiger partial charge in [-0.2, -0.15) is 13.2 Å². The van der Waals surface area contributed by atoms with Crippen molar-refractivity contribution in [2.75, 3.05) is 13.1 Å². The molecule has 148 valence electrons. The third kappa shape index (κ3) is 3.39. The Labute approximate surface area is 155 Å². The maximum atomic E-state index is 12.8. The molecular weight excluding hydrogens is 361 g/mol. The van der Waals surface area contributed by atoms with Crippen LogP contribution in [0.4, 0.5) is 13.2 Å². The second kappa shape index (κ2) is 5.83. The van der Waals surface area contributed by atoms with Crippen molar-refractivity contribution in [3.8, 4) is 5.88 Å². The standard InChI is InChI=1S/C19H23F3N2O3/c1-11-14(19(20,21)22)3-4-15(23-11)27-13-7-18(8-13)9-24(10-18)16(25)12-5-17(2,26)6-12/h3-4,12-13,26H,5-10H2,1-2H3/t12-,17+. The fourth-order valence-corrected chi connectivity index (χ4v) is 4.68. The zero-order chi connectivity index (χ0) is 19.6. The van der Waals surface area contributed by atoms with Crippen LogP contribution in [0.15, 0.2) is 12.1 Å². The largest absolute Gasteiger partial charge is 0.474 e. The van der Waals surface area contributed by atoms with Gasteiger partial charge in [0.05, 0.1) is 16.9 Å². The molecule has 0 radical (unpaired) electrons. The van der Waals surface area contributed by atoms with Crippen LogP contribution >= 0.6 is 0 Å². The van der Waals surface area contributed by atoms with Gasteiger partial charge in [0, 0.05) is 30.5 Å². The maximum Gasteiger partial charge on any atom is 0.418 e. The summed E-state index contributed by atoms with van der Waals surface area (Å²) in [5, 5.41) is 9.77. The molecule has 0 aromatic carbocycles. The number of alkyl halides is 3. The minimum absolute atomic E-state index is 0.0659. The van der Waals surface area contributed by atoms with E-state index in [9.17, 15) is 23.1 Å². The van der Waals surface area contributed by atoms with Crippen LogP contribution in [-0.4, -0.2) is 45.7 Å². The first-order valence-corrected chi connectivity index (χ1v) is 9.19. The number of rotatable bonds is 3. The average Bonchev–Trinajstić information content (AvgIpc) is 2.43. The van der Waals surface area contributed by atoms with E-state index in [0.29, 0.717) is 25.9 Å². The molecule has 4 rings (SSSR count). The van der Waals surface area contributed by atoms with Crippen molar-refractivity contribution in [2.45, 2.75) is 57.4 Å². The molecule has 1 amide bonds. The molecule has 5 nitrogen and oxygen atoms in total. The summed E-state index contributed by atoms with van der Waals surface area (Å²) in [6.07, 6.45) is -1.87. The first-order chi connectivity index (χ1) is 12.5. The van der Waals surface area contributed by atoms with Crippen LogP contribution in [-0.2, 0) is 11.0 Å². The molecule has 1 aliphatic heterocycles. The molecule has 1 aromatic heterocycles. The molecule has 3 aliphatic rings. The number of likely N-dealkylation sites (tertiary alicyclic amines) is 1. The molecule has 2 aliphatic carbocycles. The number of aryl methyl sites for hydroxylation is 1. The quantitative estimate of drug-likeness (QED) is 0.871. The van der Waals surface area contributed by atoms with Gasteiger partial charge in [-0.3, -0.25) is 4.79 Å². The van der Waals surface area contributed by atoms with Gasteiger partial charge < -0.3 is 14.7 Å². The second-order valence-corrected chi connectivity index (χ2v) is 8.72. The van der Waals surface area contributed by atoms with Crippen molar-refractivity contribution in [2.24, 2.45) is 11.3 Å². The summed E-state index contributed by atoms with van der Waals surface area (Å²) >= 11 is 0. The van der Waals surface area contributed by atoms with E-state index >= 15 is 0 Å². The van der Waals surface area contributed by atoms with Gasteiger partial charge >= 0.3 is 6.18 Å². The van der Waals surface area contributed by atoms with E-state index in [1.165, 1.54) is 13.0 Å². The van der Waals surface area contributed by atoms with Crippen molar-refractivity contribution in [3.63, 3.8) is 0 Å². The summed E-state index contributed by atoms with van der Waals surface area (Å²) in [5.41, 5.74) is -1.47. The van der Waals surface area contributed by atoms with E-state index in [4.69, 9.17) is 4.74 Å². The van der Waals surface area contributed by atoms with Crippen LogP contribution in [0.2, 0.25) is 0 Å². The smallest absolute Gasteiger partial charge is 0.418 e. The molecule has 0 bridgehead atoms. The summed E-state index contributed by atoms with van der Waals surface area (Å²) in [6, 6.07) is 2.27. The molecule has 0 atom stereocenters. The van der Waals surface area contributed by atoms with E-state index < -0.39 is 17.3 Å². The molecule has 27 heavy (non-hydrogen) atoms. The second-order valence-electron chi connectivity index (χ2n) is 8.72. The lowest BCUT2D eigenvalue weighted by Crippen LogP contribution is -2.67. The number of carbonyl (C=O) groups excluding carboxylic acids is 1. The van der Waals surface area contributed by atoms with Gasteiger partial charge in [0.15, 0.2) is 0 Å². The fraction of sp³-hybridized carbons (Fsp3) is 0.684. The number of ether oxygens (including phenoxy) is 1. The third-order valence-corrected chi connectivity index (χ3v) is 6.06. The van der Waals surface area contributed by atoms with Crippen LogP contribution in [0.1, 0.15) is 43.9 Å². The van der Waals surface area contributed by atoms with Gasteiger partial charge in [-0.05, 0) is 45.6 Å². The Balaban J connectivity index is 1.25. The number of hydrogen-bond acceptors (Lipinski definition) is 4. The molecule has 1 aromatic rings. The van der Waals surface area contributed by atoms with Crippen molar-refractivity contribution >= 4 is 5.91 Å². The topological polar surface area (TPSA) is 62.7 Å². The molecule has 2 saturated carbocycles. The Morgan fingerprint density at radius 1 is 1.26 bits per heavy atom. The van der Waals surface area contributed by atoms with Crippen LogP contribution < -0.4 is 4.74 Å². The van der Waals surface area contributed by atoms with E-state index in [-0.39, 0.29) is 34.9 Å². The first kappa shape index (κ1) is 18.5. The van der Waals surface area contributed by atoms with Gasteiger partial charge in [0.1, 0.15) is 6.10 Å². The lowest BCUT2D eigenvalue weighted by atomic mass is 9.61. The minimum Gasteiger partial charge on any atom is -0.474 e. The average molecular weight is 384 g/mol. The Kier molecular flexibility index (Phi) is 4.00. The Bertz CT molecular complexity index is 756. The monoisotopic (exact) mass is 384 g/mol. The highest BCUT2D eigenvalue weighted by atomic mass is 19.4. The van der Waals surface area contributed by atoms with E-state index in [0.717, 1.165) is 18.9 Å². The number of aromatic nitrogens is 1. The molecule has 1 saturated heterocycles. The predicted molar refractivity (Wildman–Crippen MR) is 90.0 cm³/mol. The van der Waals surface area contributed by atoms with Crippen LogP contribution in [0.5, 0.6) is 5.88 Å². The van der Waals surface area contributed by atoms with Crippen molar-refractivity contribution < 1.29 is 27.8 Å². The van der Waals surface area contributed by atoms with E-state index in [1.807, 2.05) is 4.90 Å². The highest BCUT2D eigenvalue weighted by Crippen LogP contribution is 2.51. The molecule has 1 spiro atoms. The van der Waals surface area contributed by atoms with Crippen molar-refractivity contribution in [1.82, 2.24) is 9.88 Å². The first-order valence-electron chi connectivity index (χ1n) is 9.19. The number of halogens is 3. The van der Waals surface area contributed by atoms with Crippen molar-refractivity contribution in [3.05, 3.63) is 23.4 Å². The lowest BCUT2D eigenvalue weighted by molar-refractivity contribution is -0.175. The van der Waals surface area contributed by atoms with E-state index in [2.05, 4.69) is 4.98 Å². The third-order valence-electron chi connectivity index (χ3n) is 6.06. The Morgan fingerprint density at radius 3 is 2.41 bits per heavy atom. The number of aliphatic hydroxyl groups is 1. The zero-order valence-electron chi connectivity index (χ0n) is 15.3. The highest BCUT2D eigenvalue weighted by molar-refractivity contribution is 5.81. The number of amides is 1. The normalized spacial score (nSPS) is 29.7. The molecule has 8 heteroatoms. The number of hydrogen-bond donors (Lipinski definition) is 1. The number of carbonyl (C=O) groups is 1. The maximum absolute atomic E-state index is 12.8. The molecular formula is C19H23F3N2O3. The number of nitrogens with zero attached hydrogens (tertiary/aromatic N) is 2. The Hall–Kier alpha value is -1.83. The van der Waals surface area contributed by atoms with Crippen molar-refractivity contribution in [1.29, 1.82) is 0 Å². The fourth-order valence-electron chi connectivity index (χ4n) is 4.68. The van der Waals surface area contributed by atoms with Gasteiger partial charge in [-0.25, -0.2) is 4.98 Å². The van der Waals surface area contributed by atoms with Crippen LogP contribution in [0.25, 0.3) is 0 Å². The SMILES string of the molecule is Cc1nc(OC2CC3(C2)CN(C(=O)[C@H]2C[C@@](C)(O)C2)C3)ccc1C(F)(F)F. The molecule has 1 N–H and O–H groups in total. The summed E-state index contributed by atoms with van der Waals surface area (Å²) in [6.45, 7) is 4.47.